The molecule has 80 heavy (non-hydrogen) atoms. The van der Waals surface area contributed by atoms with Gasteiger partial charge in [-0.25, -0.2) is 0 Å². The molecule has 0 radical (unpaired) electrons. The molecule has 0 bridgehead atoms. The van der Waals surface area contributed by atoms with E-state index in [1.807, 2.05) is 0 Å². The molecular weight excluding hydrogens is 985 g/mol. The van der Waals surface area contributed by atoms with Crippen molar-refractivity contribution in [1.82, 2.24) is 0 Å². The highest BCUT2D eigenvalue weighted by atomic mass is 16.6. The molecule has 0 spiro atoms. The highest BCUT2D eigenvalue weighted by Crippen LogP contribution is 2.18. The van der Waals surface area contributed by atoms with E-state index in [2.05, 4.69) is 93.7 Å². The van der Waals surface area contributed by atoms with E-state index in [-0.39, 0.29) is 31.1 Å². The van der Waals surface area contributed by atoms with Crippen molar-refractivity contribution in [2.75, 3.05) is 13.2 Å². The zero-order valence-corrected chi connectivity index (χ0v) is 53.3. The molecule has 0 amide bonds. The minimum Gasteiger partial charge on any atom is -0.462 e. The van der Waals surface area contributed by atoms with Gasteiger partial charge in [-0.2, -0.15) is 0 Å². The molecule has 0 aromatic carbocycles. The Labute approximate surface area is 497 Å². The molecule has 0 saturated carbocycles. The topological polar surface area (TPSA) is 78.9 Å². The fourth-order valence-corrected chi connectivity index (χ4v) is 10.2. The van der Waals surface area contributed by atoms with Crippen LogP contribution in [0.1, 0.15) is 361 Å². The number of ether oxygens (including phenoxy) is 3. The highest BCUT2D eigenvalue weighted by molar-refractivity contribution is 5.71. The first-order valence-electron chi connectivity index (χ1n) is 34.9. The van der Waals surface area contributed by atoms with Crippen molar-refractivity contribution in [2.45, 2.75) is 367 Å². The predicted molar refractivity (Wildman–Crippen MR) is 348 cm³/mol. The van der Waals surface area contributed by atoms with Crippen molar-refractivity contribution in [3.05, 3.63) is 72.9 Å². The Morgan fingerprint density at radius 2 is 0.487 bits per heavy atom. The summed E-state index contributed by atoms with van der Waals surface area (Å²) in [5, 5.41) is 0. The van der Waals surface area contributed by atoms with Gasteiger partial charge in [-0.1, -0.05) is 325 Å². The Morgan fingerprint density at radius 3 is 0.775 bits per heavy atom. The van der Waals surface area contributed by atoms with Gasteiger partial charge in [0.15, 0.2) is 6.10 Å². The smallest absolute Gasteiger partial charge is 0.306 e. The summed E-state index contributed by atoms with van der Waals surface area (Å²) in [6.45, 7) is 6.58. The third kappa shape index (κ3) is 65.7. The van der Waals surface area contributed by atoms with Crippen molar-refractivity contribution in [2.24, 2.45) is 0 Å². The Kier molecular flexibility index (Phi) is 65.7. The Hall–Kier alpha value is -3.15. The third-order valence-corrected chi connectivity index (χ3v) is 15.4. The Balaban J connectivity index is 4.35. The number of carbonyl (C=O) groups is 3. The molecule has 0 saturated heterocycles. The number of esters is 3. The van der Waals surface area contributed by atoms with Gasteiger partial charge in [0.2, 0.25) is 0 Å². The lowest BCUT2D eigenvalue weighted by atomic mass is 10.0. The first-order chi connectivity index (χ1) is 39.5. The molecule has 0 fully saturated rings. The molecule has 464 valence electrons. The van der Waals surface area contributed by atoms with E-state index in [0.29, 0.717) is 19.3 Å². The van der Waals surface area contributed by atoms with Gasteiger partial charge >= 0.3 is 17.9 Å². The fourth-order valence-electron chi connectivity index (χ4n) is 10.2. The largest absolute Gasteiger partial charge is 0.462 e. The maximum atomic E-state index is 13.0. The molecule has 0 aliphatic heterocycles. The van der Waals surface area contributed by atoms with E-state index in [4.69, 9.17) is 14.2 Å². The summed E-state index contributed by atoms with van der Waals surface area (Å²) in [6, 6.07) is 0. The summed E-state index contributed by atoms with van der Waals surface area (Å²) < 4.78 is 17.0. The van der Waals surface area contributed by atoms with E-state index in [0.717, 1.165) is 96.3 Å². The number of unbranched alkanes of at least 4 members (excludes halogenated alkanes) is 41. The minimum absolute atomic E-state index is 0.0752. The molecule has 1 unspecified atom stereocenters. The van der Waals surface area contributed by atoms with Crippen LogP contribution in [0.5, 0.6) is 0 Å². The molecule has 1 atom stereocenters. The van der Waals surface area contributed by atoms with Crippen LogP contribution in [0.15, 0.2) is 72.9 Å². The van der Waals surface area contributed by atoms with Crippen molar-refractivity contribution < 1.29 is 28.6 Å². The number of rotatable bonds is 64. The van der Waals surface area contributed by atoms with Crippen LogP contribution < -0.4 is 0 Å². The van der Waals surface area contributed by atoms with E-state index in [1.54, 1.807) is 0 Å². The van der Waals surface area contributed by atoms with E-state index in [9.17, 15) is 14.4 Å². The van der Waals surface area contributed by atoms with Gasteiger partial charge < -0.3 is 14.2 Å². The summed E-state index contributed by atoms with van der Waals surface area (Å²) in [5.41, 5.74) is 0. The van der Waals surface area contributed by atoms with Crippen LogP contribution in [0.25, 0.3) is 0 Å². The van der Waals surface area contributed by atoms with Gasteiger partial charge in [-0.3, -0.25) is 14.4 Å². The zero-order valence-electron chi connectivity index (χ0n) is 53.3. The van der Waals surface area contributed by atoms with Crippen molar-refractivity contribution in [1.29, 1.82) is 0 Å². The van der Waals surface area contributed by atoms with Gasteiger partial charge in [0, 0.05) is 19.3 Å². The third-order valence-electron chi connectivity index (χ3n) is 15.4. The van der Waals surface area contributed by atoms with Crippen LogP contribution in [0, 0.1) is 0 Å². The summed E-state index contributed by atoms with van der Waals surface area (Å²) in [5.74, 6) is -0.865. The van der Waals surface area contributed by atoms with Gasteiger partial charge in [-0.15, -0.1) is 0 Å². The molecule has 0 rings (SSSR count). The number of carbonyl (C=O) groups excluding carboxylic acids is 3. The molecule has 6 heteroatoms. The first-order valence-corrected chi connectivity index (χ1v) is 34.9. The lowest BCUT2D eigenvalue weighted by Gasteiger charge is -2.18. The number of hydrogen-bond donors (Lipinski definition) is 0. The van der Waals surface area contributed by atoms with Crippen LogP contribution in [0.4, 0.5) is 0 Å². The number of hydrogen-bond acceptors (Lipinski definition) is 6. The van der Waals surface area contributed by atoms with E-state index < -0.39 is 6.10 Å². The summed E-state index contributed by atoms with van der Waals surface area (Å²) in [4.78, 5) is 38.5. The molecule has 0 heterocycles. The van der Waals surface area contributed by atoms with Gasteiger partial charge in [0.1, 0.15) is 13.2 Å². The maximum Gasteiger partial charge on any atom is 0.306 e. The second kappa shape index (κ2) is 68.3. The summed E-state index contributed by atoms with van der Waals surface area (Å²) >= 11 is 0. The minimum atomic E-state index is -0.781. The van der Waals surface area contributed by atoms with Gasteiger partial charge in [-0.05, 0) is 89.9 Å². The van der Waals surface area contributed by atoms with E-state index >= 15 is 0 Å². The Morgan fingerprint density at radius 1 is 0.263 bits per heavy atom. The van der Waals surface area contributed by atoms with Crippen LogP contribution >= 0.6 is 0 Å². The highest BCUT2D eigenvalue weighted by Gasteiger charge is 2.19. The van der Waals surface area contributed by atoms with Gasteiger partial charge in [0.05, 0.1) is 0 Å². The van der Waals surface area contributed by atoms with Crippen molar-refractivity contribution in [3.63, 3.8) is 0 Å². The molecule has 0 N–H and O–H groups in total. The van der Waals surface area contributed by atoms with Gasteiger partial charge in [0.25, 0.3) is 0 Å². The fraction of sp³-hybridized carbons (Fsp3) is 0.797. The first kappa shape index (κ1) is 76.9. The Bertz CT molecular complexity index is 1470. The molecular formula is C74H132O6. The molecule has 0 aromatic heterocycles. The second-order valence-corrected chi connectivity index (χ2v) is 23.4. The normalized spacial score (nSPS) is 12.5. The SMILES string of the molecule is CC/C=C\C/C=C\C/C=C\C/C=C\C/C=C\CCCCCCCCCC(=O)OCC(COC(=O)CCCCCCCCCCCCCCCCCC)OC(=O)CCCCCCCCCCCCC/C=C\CCCCCCCCCC. The van der Waals surface area contributed by atoms with Crippen LogP contribution in [0.3, 0.4) is 0 Å². The standard InChI is InChI=1S/C74H132O6/c1-4-7-10-13-16-19-22-25-28-31-33-35-37-39-41-43-46-49-52-55-58-61-64-67-73(76)79-70-71(69-78-72(75)66-63-60-57-54-51-48-45-30-27-24-21-18-15-12-9-6-3)80-74(77)68-65-62-59-56-53-50-47-44-42-40-38-36-34-32-29-26-23-20-17-14-11-8-5-2/h7,10,16,19,25,28,32-35,39,41,71H,4-6,8-9,11-15,17-18,20-24,26-27,29-31,36-38,40,42-70H2,1-3H3/b10-7-,19-16-,28-25-,34-32-,35-33-,41-39-. The summed E-state index contributed by atoms with van der Waals surface area (Å²) in [6.07, 6.45) is 89.2. The molecule has 0 aliphatic carbocycles. The van der Waals surface area contributed by atoms with Crippen LogP contribution in [-0.4, -0.2) is 37.2 Å². The average molecular weight is 1120 g/mol. The molecule has 0 aromatic rings. The average Bonchev–Trinajstić information content (AvgIpc) is 3.46. The van der Waals surface area contributed by atoms with Crippen LogP contribution in [-0.2, 0) is 28.6 Å². The van der Waals surface area contributed by atoms with E-state index in [1.165, 1.54) is 225 Å². The number of allylic oxidation sites excluding steroid dienone is 12. The van der Waals surface area contributed by atoms with Crippen molar-refractivity contribution in [3.8, 4) is 0 Å². The quantitative estimate of drug-likeness (QED) is 0.0261. The maximum absolute atomic E-state index is 13.0. The van der Waals surface area contributed by atoms with Crippen molar-refractivity contribution >= 4 is 17.9 Å². The molecule has 0 aliphatic rings. The molecule has 6 nitrogen and oxygen atoms in total. The predicted octanol–water partition coefficient (Wildman–Crippen LogP) is 24.1. The second-order valence-electron chi connectivity index (χ2n) is 23.4. The van der Waals surface area contributed by atoms with Crippen LogP contribution in [0.2, 0.25) is 0 Å². The lowest BCUT2D eigenvalue weighted by Crippen LogP contribution is -2.30. The summed E-state index contributed by atoms with van der Waals surface area (Å²) in [7, 11) is 0. The lowest BCUT2D eigenvalue weighted by molar-refractivity contribution is -0.167. The zero-order chi connectivity index (χ0) is 57.8. The monoisotopic (exact) mass is 1120 g/mol.